The van der Waals surface area contributed by atoms with E-state index in [1.807, 2.05) is 0 Å². The molecule has 0 saturated carbocycles. The quantitative estimate of drug-likeness (QED) is 0.708. The van der Waals surface area contributed by atoms with Crippen molar-refractivity contribution in [2.75, 3.05) is 37.7 Å². The smallest absolute Gasteiger partial charge is 0.151 e. The average Bonchev–Trinajstić information content (AvgIpc) is 2.53. The van der Waals surface area contributed by atoms with Crippen LogP contribution in [-0.2, 0) is 9.84 Å². The number of hydrogen-bond acceptors (Lipinski definition) is 4. The van der Waals surface area contributed by atoms with E-state index in [9.17, 15) is 8.42 Å². The number of hydrogen-bond donors (Lipinski definition) is 1. The first-order chi connectivity index (χ1) is 7.07. The summed E-state index contributed by atoms with van der Waals surface area (Å²) in [7, 11) is -2.73. The van der Waals surface area contributed by atoms with Gasteiger partial charge in [-0.3, -0.25) is 0 Å². The van der Waals surface area contributed by atoms with Gasteiger partial charge in [0.1, 0.15) is 0 Å². The largest absolute Gasteiger partial charge is 0.312 e. The van der Waals surface area contributed by atoms with Crippen molar-refractivity contribution in [1.82, 2.24) is 10.2 Å². The lowest BCUT2D eigenvalue weighted by Crippen LogP contribution is -2.37. The molecule has 0 aromatic carbocycles. The molecule has 0 radical (unpaired) electrons. The molecule has 0 unspecified atom stereocenters. The topological polar surface area (TPSA) is 49.4 Å². The first-order valence-corrected chi connectivity index (χ1v) is 7.55. The Morgan fingerprint density at radius 3 is 2.47 bits per heavy atom. The summed E-state index contributed by atoms with van der Waals surface area (Å²) in [5.41, 5.74) is 0. The molecular weight excluding hydrogens is 212 g/mol. The normalized spacial score (nSPS) is 24.9. The number of nitrogens with zero attached hydrogens (tertiary/aromatic N) is 1. The van der Waals surface area contributed by atoms with Gasteiger partial charge in [-0.1, -0.05) is 13.8 Å². The summed E-state index contributed by atoms with van der Waals surface area (Å²) in [4.78, 5) is 2.33. The van der Waals surface area contributed by atoms with Crippen LogP contribution >= 0.6 is 0 Å². The zero-order valence-corrected chi connectivity index (χ0v) is 10.5. The van der Waals surface area contributed by atoms with E-state index in [0.717, 1.165) is 32.6 Å². The third-order valence-corrected chi connectivity index (χ3v) is 4.76. The van der Waals surface area contributed by atoms with Crippen LogP contribution in [0.15, 0.2) is 0 Å². The van der Waals surface area contributed by atoms with Crippen LogP contribution in [0.5, 0.6) is 0 Å². The van der Waals surface area contributed by atoms with Gasteiger partial charge in [0.2, 0.25) is 0 Å². The molecule has 15 heavy (non-hydrogen) atoms. The van der Waals surface area contributed by atoms with Gasteiger partial charge in [0.15, 0.2) is 9.84 Å². The molecule has 1 atom stereocenters. The monoisotopic (exact) mass is 234 g/mol. The van der Waals surface area contributed by atoms with E-state index in [2.05, 4.69) is 24.1 Å². The Hall–Kier alpha value is -0.130. The average molecular weight is 234 g/mol. The molecule has 0 spiro atoms. The molecule has 1 saturated heterocycles. The Kier molecular flexibility index (Phi) is 5.02. The summed E-state index contributed by atoms with van der Waals surface area (Å²) < 4.78 is 22.4. The maximum Gasteiger partial charge on any atom is 0.151 e. The third kappa shape index (κ3) is 4.49. The Bertz CT molecular complexity index is 273. The van der Waals surface area contributed by atoms with E-state index in [-0.39, 0.29) is 6.04 Å². The molecule has 0 amide bonds. The molecule has 1 fully saturated rings. The van der Waals surface area contributed by atoms with E-state index < -0.39 is 9.84 Å². The molecule has 1 heterocycles. The number of rotatable bonds is 6. The molecular formula is C10H22N2O2S. The summed E-state index contributed by atoms with van der Waals surface area (Å²) in [6.45, 7) is 8.29. The second-order valence-corrected chi connectivity index (χ2v) is 6.31. The fourth-order valence-electron chi connectivity index (χ4n) is 1.92. The van der Waals surface area contributed by atoms with Crippen LogP contribution in [0.3, 0.4) is 0 Å². The Labute approximate surface area is 93.0 Å². The minimum atomic E-state index is -2.73. The minimum Gasteiger partial charge on any atom is -0.312 e. The summed E-state index contributed by atoms with van der Waals surface area (Å²) in [5.74, 6) is 0.682. The third-order valence-electron chi connectivity index (χ3n) is 2.99. The van der Waals surface area contributed by atoms with Crippen molar-refractivity contribution >= 4 is 9.84 Å². The minimum absolute atomic E-state index is 0.186. The van der Waals surface area contributed by atoms with E-state index >= 15 is 0 Å². The molecule has 1 aliphatic rings. The second-order valence-electron chi connectivity index (χ2n) is 4.08. The Balaban J connectivity index is 2.16. The first kappa shape index (κ1) is 12.9. The fraction of sp³-hybridized carbons (Fsp3) is 1.00. The van der Waals surface area contributed by atoms with E-state index in [1.165, 1.54) is 0 Å². The predicted octanol–water partition coefficient (Wildman–Crippen LogP) is 0.105. The highest BCUT2D eigenvalue weighted by molar-refractivity contribution is 7.91. The second kappa shape index (κ2) is 5.82. The highest BCUT2D eigenvalue weighted by atomic mass is 32.2. The molecule has 1 aliphatic heterocycles. The van der Waals surface area contributed by atoms with Crippen molar-refractivity contribution in [3.8, 4) is 0 Å². The molecule has 4 nitrogen and oxygen atoms in total. The SMILES string of the molecule is CCN(CC)CCN[C@@H]1CCS(=O)(=O)C1. The summed E-state index contributed by atoms with van der Waals surface area (Å²) in [5, 5.41) is 3.32. The first-order valence-electron chi connectivity index (χ1n) is 5.73. The van der Waals surface area contributed by atoms with E-state index in [4.69, 9.17) is 0 Å². The van der Waals surface area contributed by atoms with Crippen molar-refractivity contribution in [3.05, 3.63) is 0 Å². The van der Waals surface area contributed by atoms with Crippen LogP contribution in [0.2, 0.25) is 0 Å². The van der Waals surface area contributed by atoms with Gasteiger partial charge in [-0.05, 0) is 19.5 Å². The van der Waals surface area contributed by atoms with Crippen molar-refractivity contribution in [2.45, 2.75) is 26.3 Å². The van der Waals surface area contributed by atoms with E-state index in [0.29, 0.717) is 11.5 Å². The summed E-state index contributed by atoms with van der Waals surface area (Å²) in [6, 6.07) is 0.186. The fourth-order valence-corrected chi connectivity index (χ4v) is 3.63. The maximum atomic E-state index is 11.2. The molecule has 0 bridgehead atoms. The van der Waals surface area contributed by atoms with Crippen LogP contribution in [0, 0.1) is 0 Å². The van der Waals surface area contributed by atoms with Gasteiger partial charge in [-0.15, -0.1) is 0 Å². The molecule has 0 aliphatic carbocycles. The van der Waals surface area contributed by atoms with Crippen molar-refractivity contribution in [2.24, 2.45) is 0 Å². The summed E-state index contributed by atoms with van der Waals surface area (Å²) >= 11 is 0. The molecule has 0 aromatic rings. The number of nitrogens with one attached hydrogen (secondary N) is 1. The number of likely N-dealkylation sites (N-methyl/N-ethyl adjacent to an activating group) is 1. The van der Waals surface area contributed by atoms with Gasteiger partial charge in [0.05, 0.1) is 11.5 Å². The zero-order valence-electron chi connectivity index (χ0n) is 9.70. The predicted molar refractivity (Wildman–Crippen MR) is 62.8 cm³/mol. The number of sulfone groups is 1. The van der Waals surface area contributed by atoms with Crippen molar-refractivity contribution < 1.29 is 8.42 Å². The van der Waals surface area contributed by atoms with E-state index in [1.54, 1.807) is 0 Å². The Morgan fingerprint density at radius 1 is 1.33 bits per heavy atom. The standard InChI is InChI=1S/C10H22N2O2S/c1-3-12(4-2)7-6-11-10-5-8-15(13,14)9-10/h10-11H,3-9H2,1-2H3/t10-/m1/s1. The molecule has 0 aromatic heterocycles. The van der Waals surface area contributed by atoms with Gasteiger partial charge in [-0.25, -0.2) is 8.42 Å². The highest BCUT2D eigenvalue weighted by Gasteiger charge is 2.26. The van der Waals surface area contributed by atoms with Gasteiger partial charge < -0.3 is 10.2 Å². The van der Waals surface area contributed by atoms with Gasteiger partial charge in [-0.2, -0.15) is 0 Å². The summed E-state index contributed by atoms with van der Waals surface area (Å²) in [6.07, 6.45) is 0.778. The van der Waals surface area contributed by atoms with Gasteiger partial charge in [0.25, 0.3) is 0 Å². The van der Waals surface area contributed by atoms with Gasteiger partial charge in [0, 0.05) is 19.1 Å². The zero-order chi connectivity index (χ0) is 11.3. The Morgan fingerprint density at radius 2 is 2.00 bits per heavy atom. The highest BCUT2D eigenvalue weighted by Crippen LogP contribution is 2.10. The van der Waals surface area contributed by atoms with Crippen molar-refractivity contribution in [3.63, 3.8) is 0 Å². The molecule has 5 heteroatoms. The van der Waals surface area contributed by atoms with Crippen LogP contribution in [0.25, 0.3) is 0 Å². The lowest BCUT2D eigenvalue weighted by atomic mass is 10.2. The molecule has 1 rings (SSSR count). The van der Waals surface area contributed by atoms with Crippen LogP contribution in [-0.4, -0.2) is 57.0 Å². The van der Waals surface area contributed by atoms with Crippen LogP contribution < -0.4 is 5.32 Å². The van der Waals surface area contributed by atoms with Gasteiger partial charge >= 0.3 is 0 Å². The van der Waals surface area contributed by atoms with Crippen LogP contribution in [0.1, 0.15) is 20.3 Å². The lowest BCUT2D eigenvalue weighted by Gasteiger charge is -2.19. The molecule has 90 valence electrons. The molecule has 1 N–H and O–H groups in total. The van der Waals surface area contributed by atoms with Crippen LogP contribution in [0.4, 0.5) is 0 Å². The van der Waals surface area contributed by atoms with Crippen molar-refractivity contribution in [1.29, 1.82) is 0 Å². The lowest BCUT2D eigenvalue weighted by molar-refractivity contribution is 0.298. The maximum absolute atomic E-state index is 11.2.